The van der Waals surface area contributed by atoms with Crippen LogP contribution in [-0.4, -0.2) is 28.6 Å². The zero-order valence-corrected chi connectivity index (χ0v) is 12.3. The summed E-state index contributed by atoms with van der Waals surface area (Å²) in [7, 11) is 0. The predicted octanol–water partition coefficient (Wildman–Crippen LogP) is 2.47. The minimum atomic E-state index is -0.965. The maximum atomic E-state index is 11.7. The van der Waals surface area contributed by atoms with Crippen LogP contribution in [0.15, 0.2) is 22.9 Å². The molecule has 2 amide bonds. The Morgan fingerprint density at radius 2 is 2.16 bits per heavy atom. The maximum Gasteiger partial charge on any atom is 0.319 e. The van der Waals surface area contributed by atoms with E-state index in [-0.39, 0.29) is 6.54 Å². The topological polar surface area (TPSA) is 91.3 Å². The Balaban J connectivity index is 2.55. The van der Waals surface area contributed by atoms with Gasteiger partial charge in [-0.3, -0.25) is 9.78 Å². The molecule has 1 heterocycles. The number of halogens is 1. The molecule has 0 bridgehead atoms. The number of rotatable bonds is 5. The number of nitrogens with zero attached hydrogens (tertiary/aromatic N) is 1. The molecule has 1 atom stereocenters. The van der Waals surface area contributed by atoms with E-state index in [4.69, 9.17) is 5.11 Å². The summed E-state index contributed by atoms with van der Waals surface area (Å²) in [6, 6.07) is 1.24. The fourth-order valence-electron chi connectivity index (χ4n) is 1.28. The average Bonchev–Trinajstić information content (AvgIpc) is 2.35. The van der Waals surface area contributed by atoms with Gasteiger partial charge in [-0.2, -0.15) is 0 Å². The van der Waals surface area contributed by atoms with E-state index in [1.54, 1.807) is 26.1 Å². The Kier molecular flexibility index (Phi) is 5.29. The standard InChI is InChI=1S/C12H16BrN3O3/c1-3-12(2,10(17)18)7-15-11(19)16-9-4-8(13)5-14-6-9/h4-6H,3,7H2,1-2H3,(H,17,18)(H2,15,16,19). The maximum absolute atomic E-state index is 11.7. The van der Waals surface area contributed by atoms with Crippen LogP contribution in [-0.2, 0) is 4.79 Å². The summed E-state index contributed by atoms with van der Waals surface area (Å²) in [5, 5.41) is 14.2. The second-order valence-electron chi connectivity index (χ2n) is 4.42. The molecule has 0 radical (unpaired) electrons. The molecule has 1 aromatic heterocycles. The first kappa shape index (κ1) is 15.4. The summed E-state index contributed by atoms with van der Waals surface area (Å²) in [6.45, 7) is 3.42. The van der Waals surface area contributed by atoms with Gasteiger partial charge in [0.05, 0.1) is 17.3 Å². The van der Waals surface area contributed by atoms with Crippen molar-refractivity contribution in [1.82, 2.24) is 10.3 Å². The van der Waals surface area contributed by atoms with Gasteiger partial charge < -0.3 is 15.7 Å². The summed E-state index contributed by atoms with van der Waals surface area (Å²) in [5.41, 5.74) is -0.437. The number of nitrogens with one attached hydrogen (secondary N) is 2. The van der Waals surface area contributed by atoms with Crippen LogP contribution in [0.3, 0.4) is 0 Å². The molecule has 7 heteroatoms. The molecule has 6 nitrogen and oxygen atoms in total. The summed E-state index contributed by atoms with van der Waals surface area (Å²) >= 11 is 3.24. The molecule has 104 valence electrons. The first-order chi connectivity index (χ1) is 8.87. The van der Waals surface area contributed by atoms with Crippen molar-refractivity contribution in [3.63, 3.8) is 0 Å². The highest BCUT2D eigenvalue weighted by Gasteiger charge is 2.31. The molecule has 0 aromatic carbocycles. The van der Waals surface area contributed by atoms with Crippen molar-refractivity contribution < 1.29 is 14.7 Å². The zero-order chi connectivity index (χ0) is 14.5. The molecular formula is C12H16BrN3O3. The number of carbonyl (C=O) groups is 2. The fourth-order valence-corrected chi connectivity index (χ4v) is 1.65. The lowest BCUT2D eigenvalue weighted by atomic mass is 9.88. The van der Waals surface area contributed by atoms with Gasteiger partial charge in [-0.1, -0.05) is 6.92 Å². The monoisotopic (exact) mass is 329 g/mol. The third-order valence-electron chi connectivity index (χ3n) is 2.90. The largest absolute Gasteiger partial charge is 0.481 e. The fraction of sp³-hybridized carbons (Fsp3) is 0.417. The average molecular weight is 330 g/mol. The Morgan fingerprint density at radius 3 is 2.68 bits per heavy atom. The van der Waals surface area contributed by atoms with Crippen LogP contribution >= 0.6 is 15.9 Å². The van der Waals surface area contributed by atoms with E-state index < -0.39 is 17.4 Å². The number of aromatic nitrogens is 1. The first-order valence-corrected chi connectivity index (χ1v) is 6.55. The number of carboxylic acid groups (broad SMARTS) is 1. The molecule has 1 unspecified atom stereocenters. The van der Waals surface area contributed by atoms with Crippen LogP contribution in [0, 0.1) is 5.41 Å². The van der Waals surface area contributed by atoms with Gasteiger partial charge in [-0.15, -0.1) is 0 Å². The SMILES string of the molecule is CCC(C)(CNC(=O)Nc1cncc(Br)c1)C(=O)O. The number of pyridine rings is 1. The van der Waals surface area contributed by atoms with Gasteiger partial charge in [0, 0.05) is 17.2 Å². The minimum absolute atomic E-state index is 0.0616. The van der Waals surface area contributed by atoms with E-state index in [1.165, 1.54) is 6.20 Å². The van der Waals surface area contributed by atoms with E-state index >= 15 is 0 Å². The number of hydrogen-bond acceptors (Lipinski definition) is 3. The van der Waals surface area contributed by atoms with Crippen LogP contribution in [0.4, 0.5) is 10.5 Å². The van der Waals surface area contributed by atoms with Crippen molar-refractivity contribution in [2.75, 3.05) is 11.9 Å². The molecule has 0 saturated carbocycles. The lowest BCUT2D eigenvalue weighted by molar-refractivity contribution is -0.147. The van der Waals surface area contributed by atoms with Crippen LogP contribution < -0.4 is 10.6 Å². The summed E-state index contributed by atoms with van der Waals surface area (Å²) in [6.07, 6.45) is 3.53. The second-order valence-corrected chi connectivity index (χ2v) is 5.33. The van der Waals surface area contributed by atoms with Gasteiger partial charge in [0.15, 0.2) is 0 Å². The molecule has 0 spiro atoms. The smallest absolute Gasteiger partial charge is 0.319 e. The van der Waals surface area contributed by atoms with Crippen molar-refractivity contribution in [2.24, 2.45) is 5.41 Å². The second kappa shape index (κ2) is 6.51. The number of anilines is 1. The number of carbonyl (C=O) groups excluding carboxylic acids is 1. The molecule has 19 heavy (non-hydrogen) atoms. The first-order valence-electron chi connectivity index (χ1n) is 5.76. The minimum Gasteiger partial charge on any atom is -0.481 e. The molecule has 0 aliphatic rings. The van der Waals surface area contributed by atoms with Crippen molar-refractivity contribution >= 4 is 33.6 Å². The number of amides is 2. The highest BCUT2D eigenvalue weighted by molar-refractivity contribution is 9.10. The lowest BCUT2D eigenvalue weighted by Crippen LogP contribution is -2.42. The zero-order valence-electron chi connectivity index (χ0n) is 10.7. The van der Waals surface area contributed by atoms with Crippen molar-refractivity contribution in [3.8, 4) is 0 Å². The summed E-state index contributed by atoms with van der Waals surface area (Å²) in [4.78, 5) is 26.6. The molecular weight excluding hydrogens is 314 g/mol. The third-order valence-corrected chi connectivity index (χ3v) is 3.33. The molecule has 1 rings (SSSR count). The Labute approximate surface area is 119 Å². The number of carboxylic acids is 1. The normalized spacial score (nSPS) is 13.4. The van der Waals surface area contributed by atoms with Gasteiger partial charge in [-0.25, -0.2) is 4.79 Å². The van der Waals surface area contributed by atoms with E-state index in [0.717, 1.165) is 4.47 Å². The van der Waals surface area contributed by atoms with E-state index in [1.807, 2.05) is 0 Å². The summed E-state index contributed by atoms with van der Waals surface area (Å²) < 4.78 is 0.745. The molecule has 0 aliphatic heterocycles. The molecule has 0 aliphatic carbocycles. The predicted molar refractivity (Wildman–Crippen MR) is 75.0 cm³/mol. The highest BCUT2D eigenvalue weighted by atomic mass is 79.9. The Morgan fingerprint density at radius 1 is 1.47 bits per heavy atom. The lowest BCUT2D eigenvalue weighted by Gasteiger charge is -2.23. The van der Waals surface area contributed by atoms with Crippen LogP contribution in [0.5, 0.6) is 0 Å². The third kappa shape index (κ3) is 4.51. The van der Waals surface area contributed by atoms with E-state index in [2.05, 4.69) is 31.5 Å². The molecule has 1 aromatic rings. The van der Waals surface area contributed by atoms with E-state index in [0.29, 0.717) is 12.1 Å². The van der Waals surface area contributed by atoms with Crippen LogP contribution in [0.25, 0.3) is 0 Å². The van der Waals surface area contributed by atoms with Gasteiger partial charge in [0.2, 0.25) is 0 Å². The van der Waals surface area contributed by atoms with Gasteiger partial charge in [-0.05, 0) is 35.3 Å². The number of hydrogen-bond donors (Lipinski definition) is 3. The Hall–Kier alpha value is -1.63. The Bertz CT molecular complexity index is 481. The van der Waals surface area contributed by atoms with Crippen molar-refractivity contribution in [3.05, 3.63) is 22.9 Å². The van der Waals surface area contributed by atoms with Gasteiger partial charge in [0.1, 0.15) is 0 Å². The quantitative estimate of drug-likeness (QED) is 0.773. The van der Waals surface area contributed by atoms with E-state index in [9.17, 15) is 9.59 Å². The molecule has 3 N–H and O–H groups in total. The van der Waals surface area contributed by atoms with Crippen molar-refractivity contribution in [1.29, 1.82) is 0 Å². The van der Waals surface area contributed by atoms with Crippen molar-refractivity contribution in [2.45, 2.75) is 20.3 Å². The summed E-state index contributed by atoms with van der Waals surface area (Å²) in [5.74, 6) is -0.931. The molecule has 0 saturated heterocycles. The number of aliphatic carboxylic acids is 1. The van der Waals surface area contributed by atoms with Gasteiger partial charge >= 0.3 is 12.0 Å². The number of urea groups is 1. The van der Waals surface area contributed by atoms with Gasteiger partial charge in [0.25, 0.3) is 0 Å². The molecule has 0 fully saturated rings. The van der Waals surface area contributed by atoms with Crippen LogP contribution in [0.1, 0.15) is 20.3 Å². The highest BCUT2D eigenvalue weighted by Crippen LogP contribution is 2.20. The van der Waals surface area contributed by atoms with Crippen LogP contribution in [0.2, 0.25) is 0 Å².